The summed E-state index contributed by atoms with van der Waals surface area (Å²) < 4.78 is 71.5. The first-order chi connectivity index (χ1) is 24.4. The number of halogens is 3. The van der Waals surface area contributed by atoms with E-state index in [4.69, 9.17) is 0 Å². The molecule has 3 heterocycles. The number of carbonyl (C=O) groups is 4. The molecule has 0 bridgehead atoms. The standard InChI is InChI=1S/C29H35F3N6O13P2/c1-11(25(40)36-26(41)12(2)34-28(44)51-29(3,52(45,46)47)53(48,49)50)33-21-15-8-37(9-16(15)21)24-19(32)7-14-22(39)17(27(42)43)10-38(23(14)35-24)20-5-4-13(30)6-18(20)31/h4-7,11-12,15-17,21,25,33,40H,8-10H2,1-3H3,(H,34,44)(H,36,41)(H,42,43)(H2,45,46,47)(H2,48,49,50)/t11?,12-,15-,16+,17?,21?,25?/m0/s1. The predicted octanol–water partition coefficient (Wildman–Crippen LogP) is 0.525. The largest absolute Gasteiger partial charge is 0.481 e. The van der Waals surface area contributed by atoms with Gasteiger partial charge in [-0.25, -0.2) is 22.9 Å². The third-order valence-electron chi connectivity index (χ3n) is 9.45. The van der Waals surface area contributed by atoms with Crippen LogP contribution in [0.15, 0.2) is 24.3 Å². The molecule has 1 aromatic carbocycles. The number of amides is 2. The Bertz CT molecular complexity index is 1920. The van der Waals surface area contributed by atoms with Gasteiger partial charge in [0, 0.05) is 37.8 Å². The van der Waals surface area contributed by atoms with Gasteiger partial charge < -0.3 is 60.3 Å². The van der Waals surface area contributed by atoms with Crippen molar-refractivity contribution < 1.29 is 76.0 Å². The number of anilines is 3. The number of Topliss-reactive ketones (excluding diaryl/α,β-unsaturated/α-hetero) is 1. The van der Waals surface area contributed by atoms with Crippen LogP contribution in [0.4, 0.5) is 35.3 Å². The maximum absolute atomic E-state index is 15.5. The number of fused-ring (bicyclic) bond motifs is 2. The summed E-state index contributed by atoms with van der Waals surface area (Å²) in [6.07, 6.45) is -3.30. The van der Waals surface area contributed by atoms with Crippen molar-refractivity contribution in [2.75, 3.05) is 29.4 Å². The molecule has 24 heteroatoms. The SMILES string of the molecule is CC(NC1[C@H]2CN(c3nc4c(cc3F)C(=O)C(C(=O)O)CN4c3ccc(F)cc3F)C[C@@H]12)C(O)NC(=O)[C@H](C)NC(=O)OC(C)(P(=O)(O)O)P(=O)(O)O. The molecule has 1 aromatic heterocycles. The summed E-state index contributed by atoms with van der Waals surface area (Å²) >= 11 is 0. The van der Waals surface area contributed by atoms with Gasteiger partial charge in [0.2, 0.25) is 5.91 Å². The van der Waals surface area contributed by atoms with Gasteiger partial charge in [-0.05, 0) is 50.8 Å². The van der Waals surface area contributed by atoms with E-state index in [9.17, 15) is 66.9 Å². The van der Waals surface area contributed by atoms with Crippen molar-refractivity contribution in [2.45, 2.75) is 50.2 Å². The number of carboxylic acid groups (broad SMARTS) is 1. The Balaban J connectivity index is 1.19. The summed E-state index contributed by atoms with van der Waals surface area (Å²) in [5, 5.41) is 23.9. The fourth-order valence-electron chi connectivity index (χ4n) is 6.19. The average Bonchev–Trinajstić information content (AvgIpc) is 3.45. The van der Waals surface area contributed by atoms with Crippen molar-refractivity contribution in [1.82, 2.24) is 20.9 Å². The van der Waals surface area contributed by atoms with E-state index in [0.717, 1.165) is 30.0 Å². The Morgan fingerprint density at radius 1 is 0.962 bits per heavy atom. The number of nitrogens with one attached hydrogen (secondary N) is 3. The molecule has 2 aromatic rings. The van der Waals surface area contributed by atoms with Crippen LogP contribution in [-0.4, -0.2) is 108 Å². The molecular formula is C29H35F3N6O13P2. The summed E-state index contributed by atoms with van der Waals surface area (Å²) in [6, 6.07) is 0.871. The lowest BCUT2D eigenvalue weighted by molar-refractivity contribution is -0.139. The van der Waals surface area contributed by atoms with Gasteiger partial charge in [0.05, 0.1) is 11.3 Å². The molecule has 19 nitrogen and oxygen atoms in total. The molecule has 5 rings (SSSR count). The number of benzene rings is 1. The van der Waals surface area contributed by atoms with E-state index in [1.54, 1.807) is 4.90 Å². The van der Waals surface area contributed by atoms with Gasteiger partial charge in [0.25, 0.3) is 0 Å². The molecule has 2 amide bonds. The number of pyridine rings is 1. The van der Waals surface area contributed by atoms with Crippen LogP contribution in [0.5, 0.6) is 0 Å². The first-order valence-electron chi connectivity index (χ1n) is 15.8. The number of carboxylic acids is 1. The quantitative estimate of drug-likeness (QED) is 0.0804. The van der Waals surface area contributed by atoms with E-state index in [-0.39, 0.29) is 53.9 Å². The summed E-state index contributed by atoms with van der Waals surface area (Å²) in [5.74, 6) is -8.59. The van der Waals surface area contributed by atoms with Gasteiger partial charge in [-0.1, -0.05) is 0 Å². The number of aromatic nitrogens is 1. The molecule has 0 spiro atoms. The molecular weight excluding hydrogens is 759 g/mol. The number of ether oxygens (including phenoxy) is 1. The Hall–Kier alpha value is -4.14. The normalized spacial score (nSPS) is 23.0. The zero-order chi connectivity index (χ0) is 39.5. The van der Waals surface area contributed by atoms with Crippen LogP contribution < -0.4 is 25.8 Å². The minimum absolute atomic E-state index is 0.103. The third-order valence-corrected chi connectivity index (χ3v) is 13.4. The van der Waals surface area contributed by atoms with Crippen LogP contribution in [0.1, 0.15) is 31.1 Å². The van der Waals surface area contributed by atoms with E-state index in [1.165, 1.54) is 6.92 Å². The van der Waals surface area contributed by atoms with Crippen molar-refractivity contribution in [2.24, 2.45) is 17.8 Å². The number of rotatable bonds is 12. The monoisotopic (exact) mass is 794 g/mol. The number of alkyl carbamates (subject to hydrolysis) is 1. The number of nitrogens with zero attached hydrogens (tertiary/aromatic N) is 3. The molecule has 9 N–H and O–H groups in total. The third kappa shape index (κ3) is 7.76. The molecule has 1 aliphatic carbocycles. The average molecular weight is 795 g/mol. The number of aliphatic hydroxyl groups excluding tert-OH is 1. The van der Waals surface area contributed by atoms with E-state index in [0.29, 0.717) is 13.0 Å². The van der Waals surface area contributed by atoms with Gasteiger partial charge in [-0.3, -0.25) is 23.5 Å². The van der Waals surface area contributed by atoms with Gasteiger partial charge in [-0.15, -0.1) is 0 Å². The van der Waals surface area contributed by atoms with Gasteiger partial charge in [0.1, 0.15) is 35.6 Å². The van der Waals surface area contributed by atoms with Crippen LogP contribution in [0.25, 0.3) is 0 Å². The predicted molar refractivity (Wildman–Crippen MR) is 174 cm³/mol. The fraction of sp³-hybridized carbons (Fsp3) is 0.483. The first kappa shape index (κ1) is 40.1. The summed E-state index contributed by atoms with van der Waals surface area (Å²) in [4.78, 5) is 93.8. The number of hydrogen-bond donors (Lipinski definition) is 9. The maximum atomic E-state index is 15.5. The van der Waals surface area contributed by atoms with E-state index < -0.39 is 92.3 Å². The molecule has 3 aliphatic rings. The smallest absolute Gasteiger partial charge is 0.409 e. The first-order valence-corrected chi connectivity index (χ1v) is 19.0. The lowest BCUT2D eigenvalue weighted by Crippen LogP contribution is -2.55. The molecule has 2 fully saturated rings. The second-order valence-electron chi connectivity index (χ2n) is 13.1. The molecule has 290 valence electrons. The van der Waals surface area contributed by atoms with E-state index in [2.05, 4.69) is 20.4 Å². The van der Waals surface area contributed by atoms with Crippen molar-refractivity contribution >= 4 is 56.3 Å². The van der Waals surface area contributed by atoms with Gasteiger partial charge in [-0.2, -0.15) is 0 Å². The number of ketones is 1. The summed E-state index contributed by atoms with van der Waals surface area (Å²) in [5.41, 5.74) is -0.651. The Kier molecular flexibility index (Phi) is 10.8. The second kappa shape index (κ2) is 14.3. The molecule has 53 heavy (non-hydrogen) atoms. The molecule has 7 atom stereocenters. The van der Waals surface area contributed by atoms with Gasteiger partial charge >= 0.3 is 32.3 Å². The minimum Gasteiger partial charge on any atom is -0.481 e. The number of aliphatic hydroxyl groups is 1. The van der Waals surface area contributed by atoms with Crippen LogP contribution in [0.3, 0.4) is 0 Å². The number of hydrogen-bond acceptors (Lipinski definition) is 12. The second-order valence-corrected chi connectivity index (χ2v) is 17.3. The van der Waals surface area contributed by atoms with Crippen molar-refractivity contribution in [3.63, 3.8) is 0 Å². The number of piperidine rings is 1. The van der Waals surface area contributed by atoms with Gasteiger partial charge in [0.15, 0.2) is 17.4 Å². The van der Waals surface area contributed by atoms with Crippen LogP contribution in [-0.2, 0) is 23.5 Å². The highest BCUT2D eigenvalue weighted by Crippen LogP contribution is 2.69. The molecule has 0 radical (unpaired) electrons. The van der Waals surface area contributed by atoms with E-state index >= 15 is 4.39 Å². The molecule has 2 aliphatic heterocycles. The van der Waals surface area contributed by atoms with Crippen molar-refractivity contribution in [3.05, 3.63) is 47.3 Å². The zero-order valence-electron chi connectivity index (χ0n) is 27.9. The molecule has 4 unspecified atom stereocenters. The van der Waals surface area contributed by atoms with E-state index in [1.807, 2.05) is 5.32 Å². The highest BCUT2D eigenvalue weighted by molar-refractivity contribution is 7.72. The lowest BCUT2D eigenvalue weighted by Gasteiger charge is -2.34. The zero-order valence-corrected chi connectivity index (χ0v) is 29.7. The van der Waals surface area contributed by atoms with Crippen molar-refractivity contribution in [3.8, 4) is 0 Å². The Morgan fingerprint density at radius 3 is 2.11 bits per heavy atom. The minimum atomic E-state index is -5.71. The fourth-order valence-corrected chi connectivity index (χ4v) is 7.96. The molecule has 1 saturated heterocycles. The maximum Gasteiger partial charge on any atom is 0.409 e. The molecule has 1 saturated carbocycles. The summed E-state index contributed by atoms with van der Waals surface area (Å²) in [6.45, 7) is 2.88. The topological polar surface area (TPSA) is 288 Å². The van der Waals surface area contributed by atoms with Crippen LogP contribution in [0.2, 0.25) is 0 Å². The highest BCUT2D eigenvalue weighted by Gasteiger charge is 2.61. The Labute approximate surface area is 297 Å². The summed E-state index contributed by atoms with van der Waals surface area (Å²) in [7, 11) is -11.4. The lowest BCUT2D eigenvalue weighted by atomic mass is 9.92. The van der Waals surface area contributed by atoms with Crippen molar-refractivity contribution in [1.29, 1.82) is 0 Å². The Morgan fingerprint density at radius 2 is 1.57 bits per heavy atom. The van der Waals surface area contributed by atoms with Crippen LogP contribution in [0, 0.1) is 35.2 Å². The number of aliphatic carboxylic acids is 1. The van der Waals surface area contributed by atoms with Crippen LogP contribution >= 0.6 is 15.2 Å². The number of carbonyl (C=O) groups excluding carboxylic acids is 3. The highest BCUT2D eigenvalue weighted by atomic mass is 31.2.